The molecule has 1 aromatic heterocycles. The molecular weight excluding hydrogens is 268 g/mol. The maximum absolute atomic E-state index is 11.8. The van der Waals surface area contributed by atoms with E-state index in [2.05, 4.69) is 15.5 Å². The Morgan fingerprint density at radius 2 is 2.24 bits per heavy atom. The molecule has 0 aliphatic heterocycles. The van der Waals surface area contributed by atoms with Crippen LogP contribution < -0.4 is 10.1 Å². The molecule has 1 aromatic carbocycles. The number of rotatable bonds is 5. The molecule has 108 valence electrons. The fraction of sp³-hybridized carbons (Fsp3) is 0.267. The fourth-order valence-electron chi connectivity index (χ4n) is 1.70. The number of amides is 1. The van der Waals surface area contributed by atoms with Gasteiger partial charge in [0.1, 0.15) is 11.8 Å². The third-order valence-electron chi connectivity index (χ3n) is 2.85. The van der Waals surface area contributed by atoms with Crippen molar-refractivity contribution < 1.29 is 9.53 Å². The summed E-state index contributed by atoms with van der Waals surface area (Å²) in [4.78, 5) is 11.8. The average Bonchev–Trinajstić information content (AvgIpc) is 2.94. The van der Waals surface area contributed by atoms with E-state index in [1.807, 2.05) is 19.9 Å². The molecule has 2 rings (SSSR count). The van der Waals surface area contributed by atoms with E-state index in [0.29, 0.717) is 23.0 Å². The maximum atomic E-state index is 11.8. The lowest BCUT2D eigenvalue weighted by atomic mass is 10.1. The van der Waals surface area contributed by atoms with E-state index >= 15 is 0 Å². The lowest BCUT2D eigenvalue weighted by Crippen LogP contribution is -2.20. The summed E-state index contributed by atoms with van der Waals surface area (Å²) >= 11 is 0. The molecule has 1 amide bonds. The Kier molecular flexibility index (Phi) is 4.57. The molecule has 6 heteroatoms. The summed E-state index contributed by atoms with van der Waals surface area (Å²) in [7, 11) is 0. The normalized spacial score (nSPS) is 10.2. The van der Waals surface area contributed by atoms with Crippen LogP contribution in [0, 0.1) is 11.3 Å². The zero-order chi connectivity index (χ0) is 15.2. The van der Waals surface area contributed by atoms with E-state index in [1.54, 1.807) is 30.3 Å². The van der Waals surface area contributed by atoms with Crippen molar-refractivity contribution in [3.05, 3.63) is 41.6 Å². The number of aromatic amines is 1. The summed E-state index contributed by atoms with van der Waals surface area (Å²) in [6.45, 7) is 3.88. The number of ether oxygens (including phenoxy) is 1. The Morgan fingerprint density at radius 1 is 1.48 bits per heavy atom. The summed E-state index contributed by atoms with van der Waals surface area (Å²) in [5.41, 5.74) is 1.34. The number of hydrogen-bond acceptors (Lipinski definition) is 4. The Bertz CT molecular complexity index is 670. The largest absolute Gasteiger partial charge is 0.482 e. The Hall–Kier alpha value is -2.81. The monoisotopic (exact) mass is 284 g/mol. The second kappa shape index (κ2) is 6.57. The number of nitrogens with one attached hydrogen (secondary N) is 2. The number of benzene rings is 1. The molecule has 0 bridgehead atoms. The van der Waals surface area contributed by atoms with Gasteiger partial charge in [-0.05, 0) is 18.1 Å². The summed E-state index contributed by atoms with van der Waals surface area (Å²) in [6.07, 6.45) is 0. The first-order valence-electron chi connectivity index (χ1n) is 6.57. The zero-order valence-corrected chi connectivity index (χ0v) is 11.9. The molecule has 0 spiro atoms. The van der Waals surface area contributed by atoms with Gasteiger partial charge in [0, 0.05) is 11.8 Å². The van der Waals surface area contributed by atoms with Crippen LogP contribution >= 0.6 is 0 Å². The predicted molar refractivity (Wildman–Crippen MR) is 78.0 cm³/mol. The SMILES string of the molecule is CC(C)c1cc(NC(=O)COc2ccccc2C#N)n[nH]1. The Morgan fingerprint density at radius 3 is 2.90 bits per heavy atom. The van der Waals surface area contributed by atoms with Gasteiger partial charge in [-0.3, -0.25) is 9.89 Å². The van der Waals surface area contributed by atoms with Crippen LogP contribution in [0.4, 0.5) is 5.82 Å². The molecule has 6 nitrogen and oxygen atoms in total. The van der Waals surface area contributed by atoms with Gasteiger partial charge in [0.2, 0.25) is 0 Å². The summed E-state index contributed by atoms with van der Waals surface area (Å²) < 4.78 is 5.34. The molecule has 0 saturated carbocycles. The Balaban J connectivity index is 1.91. The molecule has 1 heterocycles. The van der Waals surface area contributed by atoms with Crippen molar-refractivity contribution in [3.63, 3.8) is 0 Å². The number of aromatic nitrogens is 2. The number of para-hydroxylation sites is 1. The van der Waals surface area contributed by atoms with Crippen molar-refractivity contribution >= 4 is 11.7 Å². The van der Waals surface area contributed by atoms with Crippen molar-refractivity contribution in [2.45, 2.75) is 19.8 Å². The van der Waals surface area contributed by atoms with E-state index in [0.717, 1.165) is 5.69 Å². The van der Waals surface area contributed by atoms with Gasteiger partial charge in [-0.1, -0.05) is 26.0 Å². The smallest absolute Gasteiger partial charge is 0.263 e. The molecule has 0 atom stereocenters. The highest BCUT2D eigenvalue weighted by Crippen LogP contribution is 2.17. The van der Waals surface area contributed by atoms with Gasteiger partial charge in [-0.15, -0.1) is 0 Å². The molecule has 0 fully saturated rings. The second-order valence-electron chi connectivity index (χ2n) is 4.81. The maximum Gasteiger partial charge on any atom is 0.263 e. The molecule has 0 unspecified atom stereocenters. The van der Waals surface area contributed by atoms with E-state index in [-0.39, 0.29) is 12.5 Å². The summed E-state index contributed by atoms with van der Waals surface area (Å²) in [5, 5.41) is 18.4. The number of nitrogens with zero attached hydrogens (tertiary/aromatic N) is 2. The predicted octanol–water partition coefficient (Wildman–Crippen LogP) is 2.42. The first-order valence-corrected chi connectivity index (χ1v) is 6.57. The van der Waals surface area contributed by atoms with E-state index in [4.69, 9.17) is 10.00 Å². The highest BCUT2D eigenvalue weighted by Gasteiger charge is 2.09. The Labute approximate surface area is 122 Å². The number of nitriles is 1. The molecule has 2 N–H and O–H groups in total. The van der Waals surface area contributed by atoms with Crippen LogP contribution in [0.3, 0.4) is 0 Å². The minimum absolute atomic E-state index is 0.178. The molecule has 0 aliphatic rings. The molecule has 2 aromatic rings. The van der Waals surface area contributed by atoms with Crippen molar-refractivity contribution in [1.82, 2.24) is 10.2 Å². The first kappa shape index (κ1) is 14.6. The van der Waals surface area contributed by atoms with Crippen molar-refractivity contribution in [2.24, 2.45) is 0 Å². The molecule has 21 heavy (non-hydrogen) atoms. The van der Waals surface area contributed by atoms with Gasteiger partial charge in [0.15, 0.2) is 12.4 Å². The van der Waals surface area contributed by atoms with Crippen LogP contribution in [-0.2, 0) is 4.79 Å². The minimum Gasteiger partial charge on any atom is -0.482 e. The molecular formula is C15H16N4O2. The molecule has 0 radical (unpaired) electrons. The number of carbonyl (C=O) groups excluding carboxylic acids is 1. The van der Waals surface area contributed by atoms with Gasteiger partial charge in [-0.2, -0.15) is 10.4 Å². The van der Waals surface area contributed by atoms with Gasteiger partial charge in [0.05, 0.1) is 5.56 Å². The topological polar surface area (TPSA) is 90.8 Å². The third-order valence-corrected chi connectivity index (χ3v) is 2.85. The van der Waals surface area contributed by atoms with E-state index in [1.165, 1.54) is 0 Å². The number of anilines is 1. The van der Waals surface area contributed by atoms with Crippen LogP contribution in [0.1, 0.15) is 31.0 Å². The number of carbonyl (C=O) groups is 1. The fourth-order valence-corrected chi connectivity index (χ4v) is 1.70. The standard InChI is InChI=1S/C15H16N4O2/c1-10(2)12-7-14(19-18-12)17-15(20)9-21-13-6-4-3-5-11(13)8-16/h3-7,10H,9H2,1-2H3,(H2,17,18,19,20). The highest BCUT2D eigenvalue weighted by atomic mass is 16.5. The number of H-pyrrole nitrogens is 1. The number of hydrogen-bond donors (Lipinski definition) is 2. The average molecular weight is 284 g/mol. The van der Waals surface area contributed by atoms with Crippen molar-refractivity contribution in [1.29, 1.82) is 5.26 Å². The van der Waals surface area contributed by atoms with Gasteiger partial charge >= 0.3 is 0 Å². The second-order valence-corrected chi connectivity index (χ2v) is 4.81. The minimum atomic E-state index is -0.329. The lowest BCUT2D eigenvalue weighted by Gasteiger charge is -2.06. The van der Waals surface area contributed by atoms with Crippen LogP contribution in [0.2, 0.25) is 0 Å². The third kappa shape index (κ3) is 3.83. The zero-order valence-electron chi connectivity index (χ0n) is 11.9. The molecule has 0 saturated heterocycles. The van der Waals surface area contributed by atoms with Crippen LogP contribution in [0.5, 0.6) is 5.75 Å². The molecule has 0 aliphatic carbocycles. The van der Waals surface area contributed by atoms with E-state index < -0.39 is 0 Å². The van der Waals surface area contributed by atoms with E-state index in [9.17, 15) is 4.79 Å². The van der Waals surface area contributed by atoms with Crippen molar-refractivity contribution in [3.8, 4) is 11.8 Å². The van der Waals surface area contributed by atoms with Crippen molar-refractivity contribution in [2.75, 3.05) is 11.9 Å². The van der Waals surface area contributed by atoms with Gasteiger partial charge < -0.3 is 10.1 Å². The summed E-state index contributed by atoms with van der Waals surface area (Å²) in [5.74, 6) is 0.826. The summed E-state index contributed by atoms with van der Waals surface area (Å²) in [6, 6.07) is 10.6. The van der Waals surface area contributed by atoms with Gasteiger partial charge in [0.25, 0.3) is 5.91 Å². The quantitative estimate of drug-likeness (QED) is 0.882. The first-order chi connectivity index (χ1) is 10.1. The van der Waals surface area contributed by atoms with Crippen LogP contribution in [0.25, 0.3) is 0 Å². The van der Waals surface area contributed by atoms with Gasteiger partial charge in [-0.25, -0.2) is 0 Å². The lowest BCUT2D eigenvalue weighted by molar-refractivity contribution is -0.118. The highest BCUT2D eigenvalue weighted by molar-refractivity contribution is 5.91. The van der Waals surface area contributed by atoms with Crippen LogP contribution in [-0.4, -0.2) is 22.7 Å². The van der Waals surface area contributed by atoms with Crippen LogP contribution in [0.15, 0.2) is 30.3 Å².